The minimum Gasteiger partial charge on any atom is -0.336 e. The summed E-state index contributed by atoms with van der Waals surface area (Å²) in [6.45, 7) is 1.06. The zero-order valence-electron chi connectivity index (χ0n) is 11.1. The highest BCUT2D eigenvalue weighted by Gasteiger charge is 2.37. The van der Waals surface area contributed by atoms with Gasteiger partial charge in [0, 0.05) is 37.7 Å². The summed E-state index contributed by atoms with van der Waals surface area (Å²) in [5.74, 6) is -4.82. The van der Waals surface area contributed by atoms with Gasteiger partial charge in [-0.1, -0.05) is 0 Å². The number of fused-ring (bicyclic) bond motifs is 1. The molecule has 2 saturated heterocycles. The van der Waals surface area contributed by atoms with Crippen LogP contribution in [0.25, 0.3) is 0 Å². The lowest BCUT2D eigenvalue weighted by molar-refractivity contribution is -0.130. The van der Waals surface area contributed by atoms with E-state index in [2.05, 4.69) is 0 Å². The van der Waals surface area contributed by atoms with Gasteiger partial charge in [0.1, 0.15) is 0 Å². The Morgan fingerprint density at radius 3 is 2.48 bits per heavy atom. The summed E-state index contributed by atoms with van der Waals surface area (Å²) in [5, 5.41) is 0. The van der Waals surface area contributed by atoms with Crippen molar-refractivity contribution in [3.63, 3.8) is 0 Å². The van der Waals surface area contributed by atoms with E-state index in [0.717, 1.165) is 0 Å². The number of hydrogen-bond donors (Lipinski definition) is 0. The average molecular weight is 298 g/mol. The first-order valence-corrected chi connectivity index (χ1v) is 6.70. The monoisotopic (exact) mass is 298 g/mol. The number of piperazine rings is 1. The van der Waals surface area contributed by atoms with Crippen molar-refractivity contribution in [2.45, 2.75) is 18.9 Å². The van der Waals surface area contributed by atoms with Crippen molar-refractivity contribution in [2.75, 3.05) is 19.6 Å². The molecule has 3 rings (SSSR count). The molecule has 0 saturated carbocycles. The lowest BCUT2D eigenvalue weighted by atomic mass is 10.1. The third kappa shape index (κ3) is 2.36. The van der Waals surface area contributed by atoms with Gasteiger partial charge in [0.15, 0.2) is 17.5 Å². The Hall–Kier alpha value is -2.05. The Labute approximate surface area is 119 Å². The summed E-state index contributed by atoms with van der Waals surface area (Å²) in [5.41, 5.74) is -0.218. The molecule has 21 heavy (non-hydrogen) atoms. The molecule has 2 aliphatic heterocycles. The molecular weight excluding hydrogens is 285 g/mol. The number of carbonyl (C=O) groups is 2. The molecule has 0 spiro atoms. The zero-order chi connectivity index (χ0) is 15.1. The van der Waals surface area contributed by atoms with Crippen LogP contribution in [-0.4, -0.2) is 47.3 Å². The van der Waals surface area contributed by atoms with Crippen molar-refractivity contribution >= 4 is 11.8 Å². The summed E-state index contributed by atoms with van der Waals surface area (Å²) >= 11 is 0. The van der Waals surface area contributed by atoms with Crippen LogP contribution in [0.15, 0.2) is 12.1 Å². The maximum Gasteiger partial charge on any atom is 0.254 e. The number of halogens is 3. The second-order valence-electron chi connectivity index (χ2n) is 5.28. The van der Waals surface area contributed by atoms with E-state index < -0.39 is 23.4 Å². The zero-order valence-corrected chi connectivity index (χ0v) is 11.1. The van der Waals surface area contributed by atoms with Crippen LogP contribution in [-0.2, 0) is 4.79 Å². The minimum atomic E-state index is -1.59. The van der Waals surface area contributed by atoms with E-state index in [1.54, 1.807) is 4.90 Å². The fraction of sp³-hybridized carbons (Fsp3) is 0.429. The lowest BCUT2D eigenvalue weighted by Gasteiger charge is -2.37. The van der Waals surface area contributed by atoms with Crippen LogP contribution in [0.3, 0.4) is 0 Å². The quantitative estimate of drug-likeness (QED) is 0.738. The van der Waals surface area contributed by atoms with Crippen molar-refractivity contribution in [1.29, 1.82) is 0 Å². The highest BCUT2D eigenvalue weighted by Crippen LogP contribution is 2.24. The largest absolute Gasteiger partial charge is 0.336 e. The minimum absolute atomic E-state index is 0.0367. The number of benzene rings is 1. The number of carbonyl (C=O) groups excluding carboxylic acids is 2. The van der Waals surface area contributed by atoms with Crippen molar-refractivity contribution in [3.8, 4) is 0 Å². The maximum absolute atomic E-state index is 13.2. The summed E-state index contributed by atoms with van der Waals surface area (Å²) in [7, 11) is 0. The molecule has 0 aliphatic carbocycles. The average Bonchev–Trinajstić information content (AvgIpc) is 2.84. The van der Waals surface area contributed by atoms with Crippen LogP contribution < -0.4 is 0 Å². The second-order valence-corrected chi connectivity index (χ2v) is 5.28. The van der Waals surface area contributed by atoms with E-state index in [1.807, 2.05) is 0 Å². The highest BCUT2D eigenvalue weighted by atomic mass is 19.2. The number of nitrogens with zero attached hydrogens (tertiary/aromatic N) is 2. The van der Waals surface area contributed by atoms with Gasteiger partial charge in [-0.2, -0.15) is 0 Å². The fourth-order valence-electron chi connectivity index (χ4n) is 2.91. The first-order chi connectivity index (χ1) is 9.97. The van der Waals surface area contributed by atoms with Crippen LogP contribution in [0.2, 0.25) is 0 Å². The SMILES string of the molecule is O=C(c1cc(F)c(F)c(F)c1)N1CCN2C(=O)CCC2C1. The molecule has 0 radical (unpaired) electrons. The number of amides is 2. The molecule has 0 aromatic heterocycles. The van der Waals surface area contributed by atoms with Gasteiger partial charge in [0.2, 0.25) is 5.91 Å². The fourth-order valence-corrected chi connectivity index (χ4v) is 2.91. The van der Waals surface area contributed by atoms with E-state index >= 15 is 0 Å². The topological polar surface area (TPSA) is 40.6 Å². The molecule has 2 amide bonds. The van der Waals surface area contributed by atoms with Gasteiger partial charge in [0.05, 0.1) is 0 Å². The summed E-state index contributed by atoms with van der Waals surface area (Å²) in [4.78, 5) is 27.0. The molecule has 0 N–H and O–H groups in total. The van der Waals surface area contributed by atoms with E-state index in [9.17, 15) is 22.8 Å². The third-order valence-corrected chi connectivity index (χ3v) is 4.01. The molecule has 0 bridgehead atoms. The predicted molar refractivity (Wildman–Crippen MR) is 67.0 cm³/mol. The third-order valence-electron chi connectivity index (χ3n) is 4.01. The van der Waals surface area contributed by atoms with Crippen molar-refractivity contribution in [3.05, 3.63) is 35.1 Å². The van der Waals surface area contributed by atoms with Gasteiger partial charge in [-0.3, -0.25) is 9.59 Å². The van der Waals surface area contributed by atoms with Crippen LogP contribution >= 0.6 is 0 Å². The first-order valence-electron chi connectivity index (χ1n) is 6.70. The van der Waals surface area contributed by atoms with E-state index in [1.165, 1.54) is 4.90 Å². The van der Waals surface area contributed by atoms with Crippen molar-refractivity contribution in [1.82, 2.24) is 9.80 Å². The van der Waals surface area contributed by atoms with Gasteiger partial charge < -0.3 is 9.80 Å². The normalized spacial score (nSPS) is 21.7. The van der Waals surface area contributed by atoms with E-state index in [4.69, 9.17) is 0 Å². The van der Waals surface area contributed by atoms with Crippen LogP contribution in [0.4, 0.5) is 13.2 Å². The number of rotatable bonds is 1. The van der Waals surface area contributed by atoms with Crippen LogP contribution in [0.1, 0.15) is 23.2 Å². The first kappa shape index (κ1) is 13.9. The summed E-state index contributed by atoms with van der Waals surface area (Å²) < 4.78 is 39.3. The van der Waals surface area contributed by atoms with Gasteiger partial charge in [0.25, 0.3) is 5.91 Å². The molecule has 1 aromatic rings. The Bertz CT molecular complexity index is 597. The molecule has 7 heteroatoms. The Kier molecular flexibility index (Phi) is 3.35. The molecule has 4 nitrogen and oxygen atoms in total. The van der Waals surface area contributed by atoms with E-state index in [0.29, 0.717) is 44.6 Å². The summed E-state index contributed by atoms with van der Waals surface area (Å²) in [6.07, 6.45) is 1.14. The predicted octanol–water partition coefficient (Wildman–Crippen LogP) is 1.55. The standard InChI is InChI=1S/C14H13F3N2O2/c15-10-5-8(6-11(16)13(10)17)14(21)18-3-4-19-9(7-18)1-2-12(19)20/h5-6,9H,1-4,7H2. The molecule has 2 aliphatic rings. The van der Waals surface area contributed by atoms with E-state index in [-0.39, 0.29) is 17.5 Å². The Morgan fingerprint density at radius 1 is 1.14 bits per heavy atom. The molecule has 2 heterocycles. The lowest BCUT2D eigenvalue weighted by Crippen LogP contribution is -2.53. The maximum atomic E-state index is 13.2. The van der Waals surface area contributed by atoms with Gasteiger partial charge >= 0.3 is 0 Å². The molecule has 1 atom stereocenters. The molecular formula is C14H13F3N2O2. The highest BCUT2D eigenvalue weighted by molar-refractivity contribution is 5.94. The van der Waals surface area contributed by atoms with Gasteiger partial charge in [-0.25, -0.2) is 13.2 Å². The van der Waals surface area contributed by atoms with Gasteiger partial charge in [-0.05, 0) is 18.6 Å². The van der Waals surface area contributed by atoms with Crippen LogP contribution in [0, 0.1) is 17.5 Å². The van der Waals surface area contributed by atoms with Crippen molar-refractivity contribution in [2.24, 2.45) is 0 Å². The Balaban J connectivity index is 1.79. The van der Waals surface area contributed by atoms with Crippen molar-refractivity contribution < 1.29 is 22.8 Å². The Morgan fingerprint density at radius 2 is 1.81 bits per heavy atom. The summed E-state index contributed by atoms with van der Waals surface area (Å²) in [6, 6.07) is 1.37. The molecule has 1 aromatic carbocycles. The number of hydrogen-bond acceptors (Lipinski definition) is 2. The van der Waals surface area contributed by atoms with Gasteiger partial charge in [-0.15, -0.1) is 0 Å². The second kappa shape index (κ2) is 5.05. The van der Waals surface area contributed by atoms with Crippen LogP contribution in [0.5, 0.6) is 0 Å². The smallest absolute Gasteiger partial charge is 0.254 e. The molecule has 1 unspecified atom stereocenters. The molecule has 112 valence electrons. The molecule has 2 fully saturated rings.